The van der Waals surface area contributed by atoms with Crippen LogP contribution in [0.2, 0.25) is 0 Å². The van der Waals surface area contributed by atoms with Crippen LogP contribution in [0.1, 0.15) is 39.5 Å². The molecular weight excluding hydrogens is 178 g/mol. The summed E-state index contributed by atoms with van der Waals surface area (Å²) >= 11 is 0. The highest BCUT2D eigenvalue weighted by Gasteiger charge is 2.49. The molecule has 2 fully saturated rings. The molecule has 0 aromatic rings. The summed E-state index contributed by atoms with van der Waals surface area (Å²) in [4.78, 5) is 11.0. The molecule has 3 atom stereocenters. The molecule has 0 aromatic carbocycles. The van der Waals surface area contributed by atoms with Gasteiger partial charge in [-0.15, -0.1) is 0 Å². The number of carbonyl (C=O) groups is 1. The first-order valence-corrected chi connectivity index (χ1v) is 5.56. The van der Waals surface area contributed by atoms with Crippen molar-refractivity contribution in [1.29, 1.82) is 0 Å². The Labute approximate surface area is 85.2 Å². The van der Waals surface area contributed by atoms with Gasteiger partial charge >= 0.3 is 5.97 Å². The van der Waals surface area contributed by atoms with Gasteiger partial charge in [0.05, 0.1) is 5.54 Å². The molecule has 2 rings (SSSR count). The van der Waals surface area contributed by atoms with Crippen molar-refractivity contribution < 1.29 is 9.53 Å². The normalized spacial score (nSPS) is 41.9. The number of ether oxygens (including phenoxy) is 1. The Morgan fingerprint density at radius 2 is 2.21 bits per heavy atom. The van der Waals surface area contributed by atoms with Crippen molar-refractivity contribution in [1.82, 2.24) is 5.32 Å². The summed E-state index contributed by atoms with van der Waals surface area (Å²) < 4.78 is 5.46. The maximum atomic E-state index is 11.0. The van der Waals surface area contributed by atoms with Gasteiger partial charge in [0.2, 0.25) is 0 Å². The van der Waals surface area contributed by atoms with Crippen molar-refractivity contribution in [2.24, 2.45) is 5.92 Å². The average Bonchev–Trinajstić information content (AvgIpc) is 2.05. The van der Waals surface area contributed by atoms with Crippen LogP contribution in [0.3, 0.4) is 0 Å². The van der Waals surface area contributed by atoms with Gasteiger partial charge in [-0.3, -0.25) is 4.79 Å². The highest BCUT2D eigenvalue weighted by atomic mass is 16.5. The van der Waals surface area contributed by atoms with Crippen LogP contribution in [-0.4, -0.2) is 24.2 Å². The van der Waals surface area contributed by atoms with Crippen molar-refractivity contribution in [3.05, 3.63) is 0 Å². The molecule has 3 nitrogen and oxygen atoms in total. The Bertz CT molecular complexity index is 235. The smallest absolute Gasteiger partial charge is 0.302 e. The molecule has 14 heavy (non-hydrogen) atoms. The van der Waals surface area contributed by atoms with E-state index >= 15 is 0 Å². The second kappa shape index (κ2) is 3.54. The summed E-state index contributed by atoms with van der Waals surface area (Å²) in [6.07, 6.45) is 4.86. The van der Waals surface area contributed by atoms with E-state index in [0.717, 1.165) is 19.4 Å². The Balaban J connectivity index is 2.09. The summed E-state index contributed by atoms with van der Waals surface area (Å²) in [6, 6.07) is 0. The molecule has 0 radical (unpaired) electrons. The van der Waals surface area contributed by atoms with Gasteiger partial charge in [-0.2, -0.15) is 0 Å². The Morgan fingerprint density at radius 1 is 1.50 bits per heavy atom. The van der Waals surface area contributed by atoms with Crippen LogP contribution in [0.15, 0.2) is 0 Å². The van der Waals surface area contributed by atoms with Crippen LogP contribution in [-0.2, 0) is 9.53 Å². The minimum atomic E-state index is -0.142. The minimum absolute atomic E-state index is 0.0995. The molecule has 1 saturated carbocycles. The fraction of sp³-hybridized carbons (Fsp3) is 0.909. The van der Waals surface area contributed by atoms with Gasteiger partial charge < -0.3 is 10.1 Å². The quantitative estimate of drug-likeness (QED) is 0.647. The first kappa shape index (κ1) is 9.97. The zero-order valence-corrected chi connectivity index (χ0v) is 9.01. The van der Waals surface area contributed by atoms with Gasteiger partial charge in [0, 0.05) is 6.92 Å². The van der Waals surface area contributed by atoms with Gasteiger partial charge in [0.15, 0.2) is 0 Å². The van der Waals surface area contributed by atoms with Crippen LogP contribution >= 0.6 is 0 Å². The number of carbonyl (C=O) groups excluding carboxylic acids is 1. The number of rotatable bonds is 1. The second-order valence-corrected chi connectivity index (χ2v) is 4.73. The summed E-state index contributed by atoms with van der Waals surface area (Å²) in [5.74, 6) is 0.359. The van der Waals surface area contributed by atoms with Gasteiger partial charge in [0.1, 0.15) is 6.10 Å². The van der Waals surface area contributed by atoms with Gasteiger partial charge in [-0.25, -0.2) is 0 Å². The highest BCUT2D eigenvalue weighted by Crippen LogP contribution is 2.40. The zero-order valence-electron chi connectivity index (χ0n) is 9.01. The van der Waals surface area contributed by atoms with Crippen LogP contribution in [0, 0.1) is 5.92 Å². The van der Waals surface area contributed by atoms with Gasteiger partial charge in [-0.05, 0) is 31.7 Å². The SMILES string of the molecule is CC(=O)OC1C(C)CCCC12CCN2. The molecule has 1 N–H and O–H groups in total. The predicted octanol–water partition coefficient (Wildman–Crippen LogP) is 1.47. The maximum Gasteiger partial charge on any atom is 0.302 e. The molecule has 0 bridgehead atoms. The van der Waals surface area contributed by atoms with E-state index in [2.05, 4.69) is 12.2 Å². The largest absolute Gasteiger partial charge is 0.460 e. The first-order chi connectivity index (χ1) is 6.64. The van der Waals surface area contributed by atoms with Crippen LogP contribution in [0.4, 0.5) is 0 Å². The third-order valence-electron chi connectivity index (χ3n) is 3.68. The molecule has 1 aliphatic heterocycles. The molecule has 1 aliphatic carbocycles. The van der Waals surface area contributed by atoms with E-state index in [4.69, 9.17) is 4.74 Å². The van der Waals surface area contributed by atoms with Crippen molar-refractivity contribution in [3.63, 3.8) is 0 Å². The lowest BCUT2D eigenvalue weighted by molar-refractivity contribution is -0.161. The van der Waals surface area contributed by atoms with Crippen LogP contribution in [0.25, 0.3) is 0 Å². The summed E-state index contributed by atoms with van der Waals surface area (Å²) in [6.45, 7) is 4.77. The molecular formula is C11H19NO2. The topological polar surface area (TPSA) is 38.3 Å². The van der Waals surface area contributed by atoms with E-state index in [0.29, 0.717) is 5.92 Å². The van der Waals surface area contributed by atoms with Crippen molar-refractivity contribution in [3.8, 4) is 0 Å². The molecule has 0 amide bonds. The molecule has 3 unspecified atom stereocenters. The average molecular weight is 197 g/mol. The Morgan fingerprint density at radius 3 is 2.71 bits per heavy atom. The van der Waals surface area contributed by atoms with Crippen molar-refractivity contribution in [2.45, 2.75) is 51.2 Å². The van der Waals surface area contributed by atoms with Crippen molar-refractivity contribution >= 4 is 5.97 Å². The highest BCUT2D eigenvalue weighted by molar-refractivity contribution is 5.66. The number of esters is 1. The molecule has 0 aromatic heterocycles. The Kier molecular flexibility index (Phi) is 2.52. The third-order valence-corrected chi connectivity index (χ3v) is 3.68. The summed E-state index contributed by atoms with van der Waals surface area (Å²) in [5, 5.41) is 3.47. The van der Waals surface area contributed by atoms with E-state index in [1.165, 1.54) is 19.8 Å². The summed E-state index contributed by atoms with van der Waals surface area (Å²) in [5.41, 5.74) is 0.128. The van der Waals surface area contributed by atoms with Crippen LogP contribution < -0.4 is 5.32 Å². The number of hydrogen-bond acceptors (Lipinski definition) is 3. The van der Waals surface area contributed by atoms with Crippen molar-refractivity contribution in [2.75, 3.05) is 6.54 Å². The number of hydrogen-bond donors (Lipinski definition) is 1. The fourth-order valence-electron chi connectivity index (χ4n) is 2.89. The maximum absolute atomic E-state index is 11.0. The molecule has 2 aliphatic rings. The van der Waals surface area contributed by atoms with Gasteiger partial charge in [-0.1, -0.05) is 13.3 Å². The van der Waals surface area contributed by atoms with E-state index < -0.39 is 0 Å². The molecule has 80 valence electrons. The molecule has 3 heteroatoms. The van der Waals surface area contributed by atoms with E-state index in [1.807, 2.05) is 0 Å². The van der Waals surface area contributed by atoms with Gasteiger partial charge in [0.25, 0.3) is 0 Å². The predicted molar refractivity (Wildman–Crippen MR) is 53.9 cm³/mol. The number of nitrogens with one attached hydrogen (secondary N) is 1. The first-order valence-electron chi connectivity index (χ1n) is 5.56. The van der Waals surface area contributed by atoms with Crippen LogP contribution in [0.5, 0.6) is 0 Å². The lowest BCUT2D eigenvalue weighted by Crippen LogP contribution is -2.67. The molecule has 1 heterocycles. The Hall–Kier alpha value is -0.570. The third kappa shape index (κ3) is 1.54. The standard InChI is InChI=1S/C11H19NO2/c1-8-4-3-5-11(6-7-12-11)10(8)14-9(2)13/h8,10,12H,3-7H2,1-2H3. The monoisotopic (exact) mass is 197 g/mol. The summed E-state index contributed by atoms with van der Waals surface area (Å²) in [7, 11) is 0. The molecule has 1 saturated heterocycles. The lowest BCUT2D eigenvalue weighted by Gasteiger charge is -2.52. The van der Waals surface area contributed by atoms with E-state index in [-0.39, 0.29) is 17.6 Å². The second-order valence-electron chi connectivity index (χ2n) is 4.73. The van der Waals surface area contributed by atoms with E-state index in [1.54, 1.807) is 0 Å². The zero-order chi connectivity index (χ0) is 10.2. The van der Waals surface area contributed by atoms with E-state index in [9.17, 15) is 4.79 Å². The molecule has 1 spiro atoms. The lowest BCUT2D eigenvalue weighted by atomic mass is 9.68. The fourth-order valence-corrected chi connectivity index (χ4v) is 2.89. The minimum Gasteiger partial charge on any atom is -0.460 e.